The molecule has 0 unspecified atom stereocenters. The molecule has 12 heavy (non-hydrogen) atoms. The maximum Gasteiger partial charge on any atom is 0.248 e. The molecule has 0 bridgehead atoms. The SMILES string of the molecule is C=Cn1cc[n+](CCC#N)c1.[Br-]. The molecular weight excluding hydrogens is 218 g/mol. The Hall–Kier alpha value is -1.08. The van der Waals surface area contributed by atoms with E-state index in [0.717, 1.165) is 6.54 Å². The summed E-state index contributed by atoms with van der Waals surface area (Å²) in [6.07, 6.45) is 7.96. The van der Waals surface area contributed by atoms with Crippen LogP contribution in [0.4, 0.5) is 0 Å². The monoisotopic (exact) mass is 227 g/mol. The van der Waals surface area contributed by atoms with Crippen molar-refractivity contribution < 1.29 is 21.5 Å². The van der Waals surface area contributed by atoms with Crippen LogP contribution >= 0.6 is 0 Å². The number of aryl methyl sites for hydroxylation is 1. The fourth-order valence-electron chi connectivity index (χ4n) is 0.830. The Kier molecular flexibility index (Phi) is 5.06. The molecule has 1 rings (SSSR count). The maximum atomic E-state index is 8.30. The van der Waals surface area contributed by atoms with Crippen LogP contribution in [0, 0.1) is 11.3 Å². The van der Waals surface area contributed by atoms with Crippen LogP contribution < -0.4 is 21.5 Å². The normalized spacial score (nSPS) is 8.25. The maximum absolute atomic E-state index is 8.30. The predicted molar refractivity (Wildman–Crippen MR) is 41.2 cm³/mol. The minimum atomic E-state index is 0. The van der Waals surface area contributed by atoms with E-state index in [1.54, 1.807) is 6.20 Å². The summed E-state index contributed by atoms with van der Waals surface area (Å²) >= 11 is 0. The van der Waals surface area contributed by atoms with E-state index in [2.05, 4.69) is 12.6 Å². The molecule has 4 heteroatoms. The van der Waals surface area contributed by atoms with E-state index in [1.165, 1.54) is 0 Å². The van der Waals surface area contributed by atoms with Crippen LogP contribution in [0.2, 0.25) is 0 Å². The topological polar surface area (TPSA) is 32.6 Å². The molecule has 0 aliphatic carbocycles. The molecule has 0 saturated carbocycles. The molecule has 0 aliphatic heterocycles. The zero-order valence-electron chi connectivity index (χ0n) is 6.65. The highest BCUT2D eigenvalue weighted by Gasteiger charge is 1.98. The standard InChI is InChI=1S/C8H10N3.BrH/c1-2-10-6-7-11(8-10)5-3-4-9;/h2,6-8H,1,3,5H2;1H/q+1;/p-1. The first-order valence-corrected chi connectivity index (χ1v) is 3.43. The molecule has 0 aromatic carbocycles. The predicted octanol–water partition coefficient (Wildman–Crippen LogP) is -2.21. The quantitative estimate of drug-likeness (QED) is 0.540. The molecule has 1 aromatic rings. The second kappa shape index (κ2) is 5.56. The van der Waals surface area contributed by atoms with Crippen molar-refractivity contribution in [1.29, 1.82) is 5.26 Å². The first-order chi connectivity index (χ1) is 5.36. The average molecular weight is 228 g/mol. The summed E-state index contributed by atoms with van der Waals surface area (Å²) in [4.78, 5) is 0. The summed E-state index contributed by atoms with van der Waals surface area (Å²) in [7, 11) is 0. The van der Waals surface area contributed by atoms with Crippen LogP contribution in [0.25, 0.3) is 6.20 Å². The van der Waals surface area contributed by atoms with E-state index >= 15 is 0 Å². The molecule has 0 fully saturated rings. The highest BCUT2D eigenvalue weighted by atomic mass is 79.9. The van der Waals surface area contributed by atoms with Gasteiger partial charge < -0.3 is 17.0 Å². The Balaban J connectivity index is 0.00000121. The van der Waals surface area contributed by atoms with Gasteiger partial charge in [0, 0.05) is 0 Å². The highest BCUT2D eigenvalue weighted by molar-refractivity contribution is 5.12. The van der Waals surface area contributed by atoms with Gasteiger partial charge in [-0.1, -0.05) is 6.58 Å². The van der Waals surface area contributed by atoms with Crippen LogP contribution in [0.15, 0.2) is 25.3 Å². The second-order valence-electron chi connectivity index (χ2n) is 2.19. The lowest BCUT2D eigenvalue weighted by Gasteiger charge is -1.85. The minimum absolute atomic E-state index is 0. The molecule has 0 atom stereocenters. The molecule has 0 amide bonds. The third-order valence-electron chi connectivity index (χ3n) is 1.40. The lowest BCUT2D eigenvalue weighted by Crippen LogP contribution is -3.00. The molecule has 3 nitrogen and oxygen atoms in total. The number of rotatable bonds is 3. The molecular formula is C8H10BrN3. The van der Waals surface area contributed by atoms with Crippen molar-refractivity contribution in [2.45, 2.75) is 13.0 Å². The van der Waals surface area contributed by atoms with Crippen molar-refractivity contribution in [3.63, 3.8) is 0 Å². The van der Waals surface area contributed by atoms with Crippen molar-refractivity contribution in [1.82, 2.24) is 4.57 Å². The molecule has 0 aliphatic rings. The lowest BCUT2D eigenvalue weighted by molar-refractivity contribution is -0.695. The van der Waals surface area contributed by atoms with Gasteiger partial charge in [-0.15, -0.1) is 0 Å². The number of aromatic nitrogens is 2. The van der Waals surface area contributed by atoms with E-state index < -0.39 is 0 Å². The van der Waals surface area contributed by atoms with Gasteiger partial charge in [-0.25, -0.2) is 9.13 Å². The smallest absolute Gasteiger partial charge is 0.248 e. The fraction of sp³-hybridized carbons (Fsp3) is 0.250. The Morgan fingerprint density at radius 1 is 1.67 bits per heavy atom. The van der Waals surface area contributed by atoms with Crippen LogP contribution in [0.1, 0.15) is 6.42 Å². The summed E-state index contributed by atoms with van der Waals surface area (Å²) in [5.41, 5.74) is 0. The molecule has 0 N–H and O–H groups in total. The molecule has 1 heterocycles. The number of halogens is 1. The molecule has 0 radical (unpaired) electrons. The van der Waals surface area contributed by atoms with Crippen LogP contribution in [0.3, 0.4) is 0 Å². The summed E-state index contributed by atoms with van der Waals surface area (Å²) in [6.45, 7) is 4.36. The zero-order valence-corrected chi connectivity index (χ0v) is 8.24. The molecule has 0 spiro atoms. The van der Waals surface area contributed by atoms with E-state index in [0.29, 0.717) is 6.42 Å². The van der Waals surface area contributed by atoms with Crippen molar-refractivity contribution in [3.05, 3.63) is 25.3 Å². The first-order valence-electron chi connectivity index (χ1n) is 3.43. The van der Waals surface area contributed by atoms with Gasteiger partial charge in [0.05, 0.1) is 18.7 Å². The highest BCUT2D eigenvalue weighted by Crippen LogP contribution is 1.84. The Morgan fingerprint density at radius 2 is 2.42 bits per heavy atom. The summed E-state index contributed by atoms with van der Waals surface area (Å²) < 4.78 is 3.79. The van der Waals surface area contributed by atoms with Crippen LogP contribution in [0.5, 0.6) is 0 Å². The number of nitrogens with zero attached hydrogens (tertiary/aromatic N) is 3. The summed E-state index contributed by atoms with van der Waals surface area (Å²) in [5.74, 6) is 0. The van der Waals surface area contributed by atoms with Crippen molar-refractivity contribution in [2.75, 3.05) is 0 Å². The van der Waals surface area contributed by atoms with Crippen molar-refractivity contribution in [2.24, 2.45) is 0 Å². The number of hydrogen-bond donors (Lipinski definition) is 0. The zero-order chi connectivity index (χ0) is 8.10. The van der Waals surface area contributed by atoms with Gasteiger partial charge in [-0.3, -0.25) is 0 Å². The van der Waals surface area contributed by atoms with Crippen LogP contribution in [-0.2, 0) is 6.54 Å². The fourth-order valence-corrected chi connectivity index (χ4v) is 0.830. The van der Waals surface area contributed by atoms with Gasteiger partial charge in [0.1, 0.15) is 18.9 Å². The summed E-state index contributed by atoms with van der Waals surface area (Å²) in [6, 6.07) is 2.09. The third kappa shape index (κ3) is 2.89. The third-order valence-corrected chi connectivity index (χ3v) is 1.40. The number of nitriles is 1. The van der Waals surface area contributed by atoms with Gasteiger partial charge in [0.2, 0.25) is 6.33 Å². The van der Waals surface area contributed by atoms with Gasteiger partial charge in [0.25, 0.3) is 0 Å². The van der Waals surface area contributed by atoms with Gasteiger partial charge >= 0.3 is 0 Å². The van der Waals surface area contributed by atoms with Crippen molar-refractivity contribution >= 4 is 6.20 Å². The Labute approximate surface area is 82.3 Å². The van der Waals surface area contributed by atoms with Crippen molar-refractivity contribution in [3.8, 4) is 6.07 Å². The van der Waals surface area contributed by atoms with E-state index in [4.69, 9.17) is 5.26 Å². The van der Waals surface area contributed by atoms with Gasteiger partial charge in [-0.05, 0) is 0 Å². The summed E-state index contributed by atoms with van der Waals surface area (Å²) in [5, 5.41) is 8.30. The molecule has 64 valence electrons. The first kappa shape index (κ1) is 10.9. The van der Waals surface area contributed by atoms with E-state index in [9.17, 15) is 0 Å². The van der Waals surface area contributed by atoms with E-state index in [-0.39, 0.29) is 17.0 Å². The Bertz CT molecular complexity index is 285. The minimum Gasteiger partial charge on any atom is -1.00 e. The largest absolute Gasteiger partial charge is 1.00 e. The molecule has 0 saturated heterocycles. The lowest BCUT2D eigenvalue weighted by atomic mass is 10.5. The molecule has 1 aromatic heterocycles. The van der Waals surface area contributed by atoms with Gasteiger partial charge in [0.15, 0.2) is 0 Å². The van der Waals surface area contributed by atoms with Gasteiger partial charge in [-0.2, -0.15) is 5.26 Å². The number of hydrogen-bond acceptors (Lipinski definition) is 1. The second-order valence-corrected chi connectivity index (χ2v) is 2.19. The Morgan fingerprint density at radius 3 is 2.92 bits per heavy atom. The van der Waals surface area contributed by atoms with E-state index in [1.807, 2.05) is 27.9 Å². The van der Waals surface area contributed by atoms with Crippen LogP contribution in [-0.4, -0.2) is 4.57 Å². The number of imidazole rings is 1. The average Bonchev–Trinajstić information content (AvgIpc) is 2.48.